The van der Waals surface area contributed by atoms with Crippen LogP contribution in [0.5, 0.6) is 0 Å². The zero-order chi connectivity index (χ0) is 15.8. The molecule has 1 aromatic carbocycles. The molecule has 1 aliphatic carbocycles. The predicted octanol–water partition coefficient (Wildman–Crippen LogP) is 3.72. The fourth-order valence-corrected chi connectivity index (χ4v) is 4.65. The summed E-state index contributed by atoms with van der Waals surface area (Å²) in [5, 5.41) is 8.68. The second-order valence-corrected chi connectivity index (χ2v) is 9.36. The molecule has 0 heterocycles. The molecular formula is C15H23BrN2O2S. The predicted molar refractivity (Wildman–Crippen MR) is 89.7 cm³/mol. The van der Waals surface area contributed by atoms with E-state index in [1.54, 1.807) is 18.2 Å². The summed E-state index contributed by atoms with van der Waals surface area (Å²) >= 11 is 3.43. The highest BCUT2D eigenvalue weighted by molar-refractivity contribution is 9.10. The van der Waals surface area contributed by atoms with Crippen LogP contribution in [0.3, 0.4) is 0 Å². The number of hydrogen-bond acceptors (Lipinski definition) is 3. The van der Waals surface area contributed by atoms with Crippen molar-refractivity contribution in [1.82, 2.24) is 0 Å². The smallest absolute Gasteiger partial charge is 0.238 e. The zero-order valence-electron chi connectivity index (χ0n) is 12.7. The molecule has 0 radical (unpaired) electrons. The molecule has 1 fully saturated rings. The first-order chi connectivity index (χ1) is 9.57. The van der Waals surface area contributed by atoms with Crippen molar-refractivity contribution in [3.05, 3.63) is 22.7 Å². The van der Waals surface area contributed by atoms with Crippen molar-refractivity contribution in [3.63, 3.8) is 0 Å². The second-order valence-electron chi connectivity index (χ2n) is 6.94. The maximum Gasteiger partial charge on any atom is 0.238 e. The first-order valence-electron chi connectivity index (χ1n) is 7.16. The summed E-state index contributed by atoms with van der Waals surface area (Å²) in [6.45, 7) is 6.89. The van der Waals surface area contributed by atoms with E-state index in [1.165, 1.54) is 6.42 Å². The Kier molecular flexibility index (Phi) is 4.71. The molecule has 0 saturated heterocycles. The number of hydrogen-bond donors (Lipinski definition) is 2. The van der Waals surface area contributed by atoms with E-state index in [4.69, 9.17) is 5.14 Å². The highest BCUT2D eigenvalue weighted by atomic mass is 79.9. The van der Waals surface area contributed by atoms with Gasteiger partial charge in [0.05, 0.1) is 4.90 Å². The summed E-state index contributed by atoms with van der Waals surface area (Å²) in [4.78, 5) is 0.122. The van der Waals surface area contributed by atoms with Crippen molar-refractivity contribution in [2.45, 2.75) is 51.0 Å². The van der Waals surface area contributed by atoms with E-state index in [1.807, 2.05) is 0 Å². The van der Waals surface area contributed by atoms with E-state index >= 15 is 0 Å². The molecule has 3 N–H and O–H groups in total. The summed E-state index contributed by atoms with van der Waals surface area (Å²) in [7, 11) is -3.66. The van der Waals surface area contributed by atoms with Crippen molar-refractivity contribution >= 4 is 31.6 Å². The topological polar surface area (TPSA) is 72.2 Å². The van der Waals surface area contributed by atoms with Crippen LogP contribution < -0.4 is 10.5 Å². The van der Waals surface area contributed by atoms with Crippen LogP contribution in [0.4, 0.5) is 5.69 Å². The third-order valence-corrected chi connectivity index (χ3v) is 5.58. The van der Waals surface area contributed by atoms with Crippen LogP contribution in [0.25, 0.3) is 0 Å². The van der Waals surface area contributed by atoms with E-state index in [0.717, 1.165) is 23.0 Å². The Hall–Kier alpha value is -0.590. The highest BCUT2D eigenvalue weighted by Gasteiger charge is 2.32. The average molecular weight is 375 g/mol. The van der Waals surface area contributed by atoms with Crippen LogP contribution in [0.1, 0.15) is 40.0 Å². The van der Waals surface area contributed by atoms with Gasteiger partial charge >= 0.3 is 0 Å². The van der Waals surface area contributed by atoms with Crippen molar-refractivity contribution in [1.29, 1.82) is 0 Å². The first-order valence-corrected chi connectivity index (χ1v) is 9.50. The molecule has 0 aromatic heterocycles. The van der Waals surface area contributed by atoms with E-state index < -0.39 is 10.0 Å². The molecule has 0 spiro atoms. The van der Waals surface area contributed by atoms with Gasteiger partial charge in [0, 0.05) is 16.2 Å². The third-order valence-electron chi connectivity index (χ3n) is 4.02. The van der Waals surface area contributed by atoms with Crippen molar-refractivity contribution < 1.29 is 8.42 Å². The molecular weight excluding hydrogens is 352 g/mol. The minimum absolute atomic E-state index is 0.122. The molecule has 0 bridgehead atoms. The van der Waals surface area contributed by atoms with Gasteiger partial charge < -0.3 is 5.32 Å². The van der Waals surface area contributed by atoms with Gasteiger partial charge in [-0.2, -0.15) is 0 Å². The molecule has 0 aliphatic heterocycles. The van der Waals surface area contributed by atoms with Crippen molar-refractivity contribution in [2.24, 2.45) is 16.5 Å². The van der Waals surface area contributed by atoms with Gasteiger partial charge in [0.2, 0.25) is 10.0 Å². The van der Waals surface area contributed by atoms with Gasteiger partial charge in [0.25, 0.3) is 0 Å². The Morgan fingerprint density at radius 2 is 2.00 bits per heavy atom. The van der Waals surface area contributed by atoms with Crippen LogP contribution >= 0.6 is 15.9 Å². The fraction of sp³-hybridized carbons (Fsp3) is 0.600. The molecule has 1 aliphatic rings. The first kappa shape index (κ1) is 16.8. The second kappa shape index (κ2) is 5.89. The zero-order valence-corrected chi connectivity index (χ0v) is 15.1. The normalized spacial score (nSPS) is 25.6. The summed E-state index contributed by atoms with van der Waals surface area (Å²) in [5.74, 6) is 0.689. The lowest BCUT2D eigenvalue weighted by atomic mass is 9.70. The summed E-state index contributed by atoms with van der Waals surface area (Å²) < 4.78 is 23.4. The molecule has 2 rings (SSSR count). The van der Waals surface area contributed by atoms with E-state index in [0.29, 0.717) is 17.4 Å². The Labute approximate surface area is 135 Å². The maximum absolute atomic E-state index is 11.4. The molecule has 0 amide bonds. The number of anilines is 1. The van der Waals surface area contributed by atoms with E-state index in [2.05, 4.69) is 42.0 Å². The van der Waals surface area contributed by atoms with Crippen LogP contribution in [-0.2, 0) is 10.0 Å². The Morgan fingerprint density at radius 1 is 1.33 bits per heavy atom. The standard InChI is InChI=1S/C15H23BrN2O2S/c1-10-6-11(9-15(2,3)8-10)18-14-5-4-12(7-13(14)16)21(17,19)20/h4-5,7,10-11,18H,6,8-9H2,1-3H3,(H2,17,19,20). The average Bonchev–Trinajstić information content (AvgIpc) is 2.27. The van der Waals surface area contributed by atoms with Gasteiger partial charge in [0.15, 0.2) is 0 Å². The van der Waals surface area contributed by atoms with Crippen LogP contribution in [0, 0.1) is 11.3 Å². The minimum Gasteiger partial charge on any atom is -0.381 e. The Balaban J connectivity index is 2.17. The van der Waals surface area contributed by atoms with E-state index in [9.17, 15) is 8.42 Å². The lowest BCUT2D eigenvalue weighted by Crippen LogP contribution is -2.35. The summed E-state index contributed by atoms with van der Waals surface area (Å²) in [5.41, 5.74) is 1.25. The molecule has 2 unspecified atom stereocenters. The molecule has 118 valence electrons. The lowest BCUT2D eigenvalue weighted by Gasteiger charge is -2.39. The molecule has 1 aromatic rings. The van der Waals surface area contributed by atoms with Crippen LogP contribution in [0.15, 0.2) is 27.6 Å². The Bertz CT molecular complexity index is 629. The molecule has 21 heavy (non-hydrogen) atoms. The number of benzene rings is 1. The van der Waals surface area contributed by atoms with Gasteiger partial charge in [-0.25, -0.2) is 13.6 Å². The van der Waals surface area contributed by atoms with Gasteiger partial charge in [-0.3, -0.25) is 0 Å². The van der Waals surface area contributed by atoms with E-state index in [-0.39, 0.29) is 4.90 Å². The van der Waals surface area contributed by atoms with Crippen LogP contribution in [-0.4, -0.2) is 14.5 Å². The minimum atomic E-state index is -3.66. The highest BCUT2D eigenvalue weighted by Crippen LogP contribution is 2.40. The Morgan fingerprint density at radius 3 is 2.52 bits per heavy atom. The molecule has 2 atom stereocenters. The quantitative estimate of drug-likeness (QED) is 0.846. The molecule has 4 nitrogen and oxygen atoms in total. The number of primary sulfonamides is 1. The largest absolute Gasteiger partial charge is 0.381 e. The van der Waals surface area contributed by atoms with Crippen molar-refractivity contribution in [2.75, 3.05) is 5.32 Å². The number of nitrogens with two attached hydrogens (primary N) is 1. The van der Waals surface area contributed by atoms with Gasteiger partial charge in [0.1, 0.15) is 0 Å². The van der Waals surface area contributed by atoms with Gasteiger partial charge in [-0.05, 0) is 64.7 Å². The lowest BCUT2D eigenvalue weighted by molar-refractivity contribution is 0.178. The fourth-order valence-electron chi connectivity index (χ4n) is 3.47. The summed E-state index contributed by atoms with van der Waals surface area (Å²) in [6, 6.07) is 5.27. The molecule has 6 heteroatoms. The molecule has 1 saturated carbocycles. The number of sulfonamides is 1. The monoisotopic (exact) mass is 374 g/mol. The van der Waals surface area contributed by atoms with Crippen LogP contribution in [0.2, 0.25) is 0 Å². The third kappa shape index (κ3) is 4.44. The number of rotatable bonds is 3. The number of nitrogens with one attached hydrogen (secondary N) is 1. The summed E-state index contributed by atoms with van der Waals surface area (Å²) in [6.07, 6.45) is 3.49. The maximum atomic E-state index is 11.4. The van der Waals surface area contributed by atoms with Gasteiger partial charge in [-0.15, -0.1) is 0 Å². The number of halogens is 1. The SMILES string of the molecule is CC1CC(Nc2ccc(S(N)(=O)=O)cc2Br)CC(C)(C)C1. The van der Waals surface area contributed by atoms with Crippen molar-refractivity contribution in [3.8, 4) is 0 Å². The van der Waals surface area contributed by atoms with Gasteiger partial charge in [-0.1, -0.05) is 20.8 Å².